The number of benzene rings is 4. The van der Waals surface area contributed by atoms with Crippen LogP contribution in [-0.4, -0.2) is 23.5 Å². The van der Waals surface area contributed by atoms with Gasteiger partial charge in [-0.3, -0.25) is 4.79 Å². The smallest absolute Gasteiger partial charge is 0.338 e. The molecule has 0 aliphatic rings. The lowest BCUT2D eigenvalue weighted by atomic mass is 9.99. The van der Waals surface area contributed by atoms with Crippen LogP contribution in [0.5, 0.6) is 5.75 Å². The molecule has 1 heterocycles. The Balaban J connectivity index is 1.30. The first kappa shape index (κ1) is 24.7. The average Bonchev–Trinajstić information content (AvgIpc) is 2.97. The van der Waals surface area contributed by atoms with E-state index in [-0.39, 0.29) is 12.5 Å². The highest BCUT2D eigenvalue weighted by Crippen LogP contribution is 2.27. The van der Waals surface area contributed by atoms with Gasteiger partial charge in [-0.2, -0.15) is 0 Å². The summed E-state index contributed by atoms with van der Waals surface area (Å²) in [6.45, 7) is 2.74. The molecule has 5 rings (SSSR count). The molecule has 0 radical (unpaired) electrons. The number of nitrogens with one attached hydrogen (secondary N) is 1. The number of carbonyl (C=O) groups is 2. The molecule has 4 aromatic carbocycles. The number of hydrogen-bond donors (Lipinski definition) is 1. The number of ether oxygens (including phenoxy) is 2. The van der Waals surface area contributed by atoms with Crippen molar-refractivity contribution in [2.24, 2.45) is 0 Å². The van der Waals surface area contributed by atoms with Crippen molar-refractivity contribution in [1.29, 1.82) is 0 Å². The second kappa shape index (κ2) is 11.4. The third kappa shape index (κ3) is 5.71. The molecule has 0 aliphatic heterocycles. The summed E-state index contributed by atoms with van der Waals surface area (Å²) in [5.74, 6) is 0.538. The van der Waals surface area contributed by atoms with E-state index in [1.54, 1.807) is 30.3 Å². The number of hydrogen-bond acceptors (Lipinski definition) is 5. The quantitative estimate of drug-likeness (QED) is 0.233. The lowest BCUT2D eigenvalue weighted by Crippen LogP contribution is -2.14. The van der Waals surface area contributed by atoms with Crippen LogP contribution in [-0.2, 0) is 11.3 Å². The maximum absolute atomic E-state index is 13.2. The molecule has 38 heavy (non-hydrogen) atoms. The molecule has 6 nitrogen and oxygen atoms in total. The van der Waals surface area contributed by atoms with Gasteiger partial charge >= 0.3 is 5.97 Å². The zero-order valence-electron chi connectivity index (χ0n) is 20.9. The molecule has 0 bridgehead atoms. The highest BCUT2D eigenvalue weighted by Gasteiger charge is 2.14. The molecular formula is C32H26N2O4. The van der Waals surface area contributed by atoms with Crippen molar-refractivity contribution in [2.75, 3.05) is 11.9 Å². The van der Waals surface area contributed by atoms with Crippen LogP contribution < -0.4 is 10.1 Å². The number of fused-ring (bicyclic) bond motifs is 1. The summed E-state index contributed by atoms with van der Waals surface area (Å²) < 4.78 is 11.0. The van der Waals surface area contributed by atoms with Gasteiger partial charge in [-0.15, -0.1) is 0 Å². The van der Waals surface area contributed by atoms with Crippen LogP contribution in [0.15, 0.2) is 109 Å². The molecule has 0 aliphatic carbocycles. The van der Waals surface area contributed by atoms with Crippen LogP contribution >= 0.6 is 0 Å². The molecule has 188 valence electrons. The monoisotopic (exact) mass is 502 g/mol. The van der Waals surface area contributed by atoms with E-state index < -0.39 is 5.97 Å². The van der Waals surface area contributed by atoms with E-state index in [0.717, 1.165) is 27.8 Å². The van der Waals surface area contributed by atoms with E-state index in [1.807, 2.05) is 85.8 Å². The molecule has 0 fully saturated rings. The summed E-state index contributed by atoms with van der Waals surface area (Å²) in [5, 5.41) is 3.67. The molecule has 6 heteroatoms. The maximum atomic E-state index is 13.2. The Bertz CT molecular complexity index is 1580. The number of aromatic nitrogens is 1. The Labute approximate surface area is 220 Å². The summed E-state index contributed by atoms with van der Waals surface area (Å²) in [6.07, 6.45) is 0. The fraction of sp³-hybridized carbons (Fsp3) is 0.0938. The Hall–Kier alpha value is -4.97. The van der Waals surface area contributed by atoms with E-state index in [9.17, 15) is 9.59 Å². The Morgan fingerprint density at radius 1 is 0.816 bits per heavy atom. The van der Waals surface area contributed by atoms with Crippen LogP contribution in [0.1, 0.15) is 33.2 Å². The average molecular weight is 503 g/mol. The molecule has 1 aromatic heterocycles. The first-order chi connectivity index (χ1) is 18.6. The molecule has 1 N–H and O–H groups in total. The number of anilines is 1. The topological polar surface area (TPSA) is 77.5 Å². The van der Waals surface area contributed by atoms with E-state index >= 15 is 0 Å². The van der Waals surface area contributed by atoms with E-state index in [4.69, 9.17) is 9.47 Å². The second-order valence-electron chi connectivity index (χ2n) is 8.62. The molecule has 0 saturated heterocycles. The summed E-state index contributed by atoms with van der Waals surface area (Å²) in [6, 6.07) is 33.3. The third-order valence-corrected chi connectivity index (χ3v) is 6.03. The van der Waals surface area contributed by atoms with Gasteiger partial charge in [-0.25, -0.2) is 9.78 Å². The number of pyridine rings is 1. The van der Waals surface area contributed by atoms with Crippen LogP contribution in [0.4, 0.5) is 5.82 Å². The number of amides is 1. The Morgan fingerprint density at radius 3 is 2.37 bits per heavy atom. The van der Waals surface area contributed by atoms with E-state index in [0.29, 0.717) is 29.1 Å². The van der Waals surface area contributed by atoms with Crippen molar-refractivity contribution < 1.29 is 19.1 Å². The van der Waals surface area contributed by atoms with Gasteiger partial charge in [-0.1, -0.05) is 60.7 Å². The van der Waals surface area contributed by atoms with Gasteiger partial charge in [0.2, 0.25) is 0 Å². The van der Waals surface area contributed by atoms with Crippen LogP contribution in [0, 0.1) is 0 Å². The number of nitrogens with zero attached hydrogens (tertiary/aromatic N) is 1. The van der Waals surface area contributed by atoms with Crippen molar-refractivity contribution >= 4 is 28.6 Å². The predicted molar refractivity (Wildman–Crippen MR) is 148 cm³/mol. The fourth-order valence-corrected chi connectivity index (χ4v) is 4.14. The maximum Gasteiger partial charge on any atom is 0.338 e. The van der Waals surface area contributed by atoms with Crippen LogP contribution in [0.3, 0.4) is 0 Å². The second-order valence-corrected chi connectivity index (χ2v) is 8.62. The van der Waals surface area contributed by atoms with E-state index in [2.05, 4.69) is 10.3 Å². The van der Waals surface area contributed by atoms with Gasteiger partial charge in [0.15, 0.2) is 0 Å². The van der Waals surface area contributed by atoms with E-state index in [1.165, 1.54) is 0 Å². The van der Waals surface area contributed by atoms with Crippen molar-refractivity contribution in [1.82, 2.24) is 4.98 Å². The molecule has 0 unspecified atom stereocenters. The zero-order chi connectivity index (χ0) is 26.3. The molecule has 1 amide bonds. The molecule has 5 aromatic rings. The highest BCUT2D eigenvalue weighted by molar-refractivity contribution is 6.08. The number of carbonyl (C=O) groups excluding carboxylic acids is 2. The van der Waals surface area contributed by atoms with Gasteiger partial charge in [-0.05, 0) is 72.1 Å². The minimum Gasteiger partial charge on any atom is -0.494 e. The molecule has 0 atom stereocenters. The predicted octanol–water partition coefficient (Wildman–Crippen LogP) is 6.91. The summed E-state index contributed by atoms with van der Waals surface area (Å²) in [5.41, 5.74) is 4.28. The summed E-state index contributed by atoms with van der Waals surface area (Å²) >= 11 is 0. The fourth-order valence-electron chi connectivity index (χ4n) is 4.14. The largest absolute Gasteiger partial charge is 0.494 e. The van der Waals surface area contributed by atoms with Crippen LogP contribution in [0.25, 0.3) is 22.0 Å². The molecule has 0 spiro atoms. The van der Waals surface area contributed by atoms with Gasteiger partial charge in [0.25, 0.3) is 5.91 Å². The van der Waals surface area contributed by atoms with Crippen molar-refractivity contribution in [2.45, 2.75) is 13.5 Å². The van der Waals surface area contributed by atoms with Gasteiger partial charge in [0.05, 0.1) is 17.7 Å². The van der Waals surface area contributed by atoms with Gasteiger partial charge in [0.1, 0.15) is 18.2 Å². The highest BCUT2D eigenvalue weighted by atomic mass is 16.5. The first-order valence-corrected chi connectivity index (χ1v) is 12.4. The minimum absolute atomic E-state index is 0.207. The van der Waals surface area contributed by atoms with Crippen molar-refractivity contribution in [3.8, 4) is 16.9 Å². The molecule has 0 saturated carbocycles. The van der Waals surface area contributed by atoms with Gasteiger partial charge in [0, 0.05) is 10.9 Å². The zero-order valence-corrected chi connectivity index (χ0v) is 20.9. The number of rotatable bonds is 8. The third-order valence-electron chi connectivity index (χ3n) is 6.03. The Morgan fingerprint density at radius 2 is 1.58 bits per heavy atom. The minimum atomic E-state index is -0.404. The number of esters is 1. The normalized spacial score (nSPS) is 10.7. The van der Waals surface area contributed by atoms with Crippen LogP contribution in [0.2, 0.25) is 0 Å². The molecular weight excluding hydrogens is 476 g/mol. The first-order valence-electron chi connectivity index (χ1n) is 12.4. The lowest BCUT2D eigenvalue weighted by Gasteiger charge is -2.11. The van der Waals surface area contributed by atoms with Gasteiger partial charge < -0.3 is 14.8 Å². The summed E-state index contributed by atoms with van der Waals surface area (Å²) in [7, 11) is 0. The van der Waals surface area contributed by atoms with Crippen molar-refractivity contribution in [3.63, 3.8) is 0 Å². The van der Waals surface area contributed by atoms with Crippen molar-refractivity contribution in [3.05, 3.63) is 126 Å². The Kier molecular flexibility index (Phi) is 7.41. The SMILES string of the molecule is CCOc1ccc(-c2ccccc2C(=O)Nc2ccc3cc(C(=O)OCc4ccccc4)ccc3n2)cc1. The lowest BCUT2D eigenvalue weighted by molar-refractivity contribution is 0.0473. The summed E-state index contributed by atoms with van der Waals surface area (Å²) in [4.78, 5) is 30.3. The standard InChI is InChI=1S/C32H26N2O4/c1-2-37-26-16-12-23(13-17-26)27-10-6-7-11-28(27)31(35)34-30-19-15-24-20-25(14-18-29(24)33-30)32(36)38-21-22-8-4-3-5-9-22/h3-20H,2,21H2,1H3,(H,33,34,35).